The Balaban J connectivity index is 1.92. The summed E-state index contributed by atoms with van der Waals surface area (Å²) in [5, 5.41) is 4.91. The highest BCUT2D eigenvalue weighted by Gasteiger charge is 2.27. The monoisotopic (exact) mass is 269 g/mol. The Morgan fingerprint density at radius 2 is 2.20 bits per heavy atom. The number of pyridine rings is 1. The van der Waals surface area contributed by atoms with E-state index in [4.69, 9.17) is 0 Å². The van der Waals surface area contributed by atoms with Crippen molar-refractivity contribution >= 4 is 16.6 Å². The number of aromatic nitrogens is 1. The normalized spacial score (nSPS) is 23.8. The Bertz CT molecular complexity index is 596. The van der Waals surface area contributed by atoms with Crippen LogP contribution in [-0.4, -0.2) is 30.2 Å². The minimum absolute atomic E-state index is 0.197. The molecule has 0 radical (unpaired) electrons. The molecular weight excluding hydrogens is 246 g/mol. The van der Waals surface area contributed by atoms with Gasteiger partial charge in [0.25, 0.3) is 0 Å². The zero-order valence-electron chi connectivity index (χ0n) is 12.4. The fourth-order valence-electron chi connectivity index (χ4n) is 2.91. The van der Waals surface area contributed by atoms with Crippen LogP contribution in [0.3, 0.4) is 0 Å². The molecule has 1 aromatic heterocycles. The molecular formula is C17H23N3. The summed E-state index contributed by atoms with van der Waals surface area (Å²) in [7, 11) is 0. The molecule has 0 spiro atoms. The van der Waals surface area contributed by atoms with Crippen molar-refractivity contribution in [3.8, 4) is 0 Å². The molecule has 1 atom stereocenters. The number of para-hydroxylation sites is 1. The molecule has 106 valence electrons. The highest BCUT2D eigenvalue weighted by molar-refractivity contribution is 5.81. The van der Waals surface area contributed by atoms with Gasteiger partial charge in [-0.15, -0.1) is 0 Å². The molecule has 3 heteroatoms. The lowest BCUT2D eigenvalue weighted by molar-refractivity contribution is 0.366. The van der Waals surface area contributed by atoms with Crippen molar-refractivity contribution in [2.75, 3.05) is 24.5 Å². The van der Waals surface area contributed by atoms with Gasteiger partial charge >= 0.3 is 0 Å². The van der Waals surface area contributed by atoms with Crippen LogP contribution in [0.4, 0.5) is 5.69 Å². The standard InChI is InChI=1S/C17H23N3/c1-3-17(2)13-20(10-6-9-19-17)15-11-14-7-4-5-8-16(14)18-12-15/h4-5,7-8,11-12,19H,3,6,9-10,13H2,1-2H3. The van der Waals surface area contributed by atoms with Crippen molar-refractivity contribution in [2.24, 2.45) is 0 Å². The first-order chi connectivity index (χ1) is 9.70. The Hall–Kier alpha value is -1.61. The van der Waals surface area contributed by atoms with Crippen molar-refractivity contribution in [2.45, 2.75) is 32.2 Å². The van der Waals surface area contributed by atoms with Crippen molar-refractivity contribution in [1.82, 2.24) is 10.3 Å². The molecule has 1 aliphatic heterocycles. The van der Waals surface area contributed by atoms with Gasteiger partial charge in [-0.05, 0) is 38.4 Å². The summed E-state index contributed by atoms with van der Waals surface area (Å²) in [6.45, 7) is 7.82. The van der Waals surface area contributed by atoms with E-state index in [1.165, 1.54) is 17.5 Å². The Labute approximate surface area is 121 Å². The fraction of sp³-hybridized carbons (Fsp3) is 0.471. The van der Waals surface area contributed by atoms with Gasteiger partial charge in [-0.25, -0.2) is 0 Å². The third-order valence-corrected chi connectivity index (χ3v) is 4.42. The second-order valence-corrected chi connectivity index (χ2v) is 6.00. The van der Waals surface area contributed by atoms with Gasteiger partial charge in [0.1, 0.15) is 0 Å². The summed E-state index contributed by atoms with van der Waals surface area (Å²) in [4.78, 5) is 7.07. The van der Waals surface area contributed by atoms with Crippen LogP contribution in [-0.2, 0) is 0 Å². The van der Waals surface area contributed by atoms with Crippen LogP contribution in [0.5, 0.6) is 0 Å². The number of hydrogen-bond donors (Lipinski definition) is 1. The van der Waals surface area contributed by atoms with Gasteiger partial charge in [0.05, 0.1) is 17.4 Å². The summed E-state index contributed by atoms with van der Waals surface area (Å²) < 4.78 is 0. The maximum absolute atomic E-state index is 4.60. The fourth-order valence-corrected chi connectivity index (χ4v) is 2.91. The zero-order valence-corrected chi connectivity index (χ0v) is 12.4. The smallest absolute Gasteiger partial charge is 0.0703 e. The number of fused-ring (bicyclic) bond motifs is 1. The molecule has 0 saturated carbocycles. The van der Waals surface area contributed by atoms with E-state index < -0.39 is 0 Å². The quantitative estimate of drug-likeness (QED) is 0.907. The third kappa shape index (κ3) is 2.63. The molecule has 2 heterocycles. The summed E-state index contributed by atoms with van der Waals surface area (Å²) in [6.07, 6.45) is 4.34. The van der Waals surface area contributed by atoms with Crippen LogP contribution in [0.15, 0.2) is 36.5 Å². The van der Waals surface area contributed by atoms with Gasteiger partial charge in [-0.1, -0.05) is 25.1 Å². The Kier molecular flexibility index (Phi) is 3.62. The number of benzene rings is 1. The largest absolute Gasteiger partial charge is 0.368 e. The Morgan fingerprint density at radius 3 is 3.05 bits per heavy atom. The van der Waals surface area contributed by atoms with E-state index in [-0.39, 0.29) is 5.54 Å². The lowest BCUT2D eigenvalue weighted by atomic mass is 9.98. The van der Waals surface area contributed by atoms with Crippen LogP contribution in [0.25, 0.3) is 10.9 Å². The van der Waals surface area contributed by atoms with Crippen molar-refractivity contribution in [3.63, 3.8) is 0 Å². The molecule has 20 heavy (non-hydrogen) atoms. The maximum atomic E-state index is 4.60. The average molecular weight is 269 g/mol. The lowest BCUT2D eigenvalue weighted by Gasteiger charge is -2.33. The molecule has 0 amide bonds. The molecule has 1 fully saturated rings. The number of nitrogens with zero attached hydrogens (tertiary/aromatic N) is 2. The maximum Gasteiger partial charge on any atom is 0.0703 e. The molecule has 1 saturated heterocycles. The molecule has 0 aliphatic carbocycles. The second-order valence-electron chi connectivity index (χ2n) is 6.00. The van der Waals surface area contributed by atoms with Gasteiger partial charge in [-0.2, -0.15) is 0 Å². The zero-order chi connectivity index (χ0) is 14.0. The van der Waals surface area contributed by atoms with Gasteiger partial charge in [-0.3, -0.25) is 4.98 Å². The topological polar surface area (TPSA) is 28.2 Å². The van der Waals surface area contributed by atoms with E-state index in [0.717, 1.165) is 31.6 Å². The number of rotatable bonds is 2. The van der Waals surface area contributed by atoms with E-state index in [1.54, 1.807) is 0 Å². The van der Waals surface area contributed by atoms with Gasteiger partial charge in [0.15, 0.2) is 0 Å². The summed E-state index contributed by atoms with van der Waals surface area (Å²) in [5.41, 5.74) is 2.51. The van der Waals surface area contributed by atoms with Gasteiger partial charge < -0.3 is 10.2 Å². The van der Waals surface area contributed by atoms with E-state index in [9.17, 15) is 0 Å². The lowest BCUT2D eigenvalue weighted by Crippen LogP contribution is -2.48. The minimum atomic E-state index is 0.197. The summed E-state index contributed by atoms with van der Waals surface area (Å²) in [5.74, 6) is 0. The summed E-state index contributed by atoms with van der Waals surface area (Å²) >= 11 is 0. The van der Waals surface area contributed by atoms with Crippen molar-refractivity contribution in [3.05, 3.63) is 36.5 Å². The van der Waals surface area contributed by atoms with Crippen LogP contribution >= 0.6 is 0 Å². The van der Waals surface area contributed by atoms with E-state index in [2.05, 4.69) is 53.3 Å². The molecule has 1 aromatic carbocycles. The molecule has 3 nitrogen and oxygen atoms in total. The second kappa shape index (κ2) is 5.41. The predicted octanol–water partition coefficient (Wildman–Crippen LogP) is 3.20. The number of hydrogen-bond acceptors (Lipinski definition) is 3. The molecule has 1 aliphatic rings. The van der Waals surface area contributed by atoms with Gasteiger partial charge in [0, 0.05) is 24.0 Å². The van der Waals surface area contributed by atoms with Gasteiger partial charge in [0.2, 0.25) is 0 Å². The first-order valence-corrected chi connectivity index (χ1v) is 7.55. The highest BCUT2D eigenvalue weighted by Crippen LogP contribution is 2.24. The van der Waals surface area contributed by atoms with E-state index >= 15 is 0 Å². The molecule has 3 rings (SSSR count). The van der Waals surface area contributed by atoms with Crippen molar-refractivity contribution < 1.29 is 0 Å². The Morgan fingerprint density at radius 1 is 1.35 bits per heavy atom. The molecule has 0 bridgehead atoms. The van der Waals surface area contributed by atoms with Crippen LogP contribution < -0.4 is 10.2 Å². The number of nitrogens with one attached hydrogen (secondary N) is 1. The number of anilines is 1. The SMILES string of the molecule is CCC1(C)CN(c2cnc3ccccc3c2)CCCN1. The first-order valence-electron chi connectivity index (χ1n) is 7.55. The van der Waals surface area contributed by atoms with Crippen molar-refractivity contribution in [1.29, 1.82) is 0 Å². The van der Waals surface area contributed by atoms with Crippen LogP contribution in [0.1, 0.15) is 26.7 Å². The molecule has 2 aromatic rings. The van der Waals surface area contributed by atoms with Crippen LogP contribution in [0.2, 0.25) is 0 Å². The third-order valence-electron chi connectivity index (χ3n) is 4.42. The first kappa shape index (κ1) is 13.4. The highest BCUT2D eigenvalue weighted by atomic mass is 15.2. The van der Waals surface area contributed by atoms with E-state index in [0.29, 0.717) is 0 Å². The minimum Gasteiger partial charge on any atom is -0.368 e. The molecule has 1 unspecified atom stereocenters. The molecule has 1 N–H and O–H groups in total. The van der Waals surface area contributed by atoms with Crippen LogP contribution in [0, 0.1) is 0 Å². The predicted molar refractivity (Wildman–Crippen MR) is 85.3 cm³/mol. The van der Waals surface area contributed by atoms with E-state index in [1.807, 2.05) is 12.3 Å². The summed E-state index contributed by atoms with van der Waals surface area (Å²) in [6, 6.07) is 10.6. The average Bonchev–Trinajstić information content (AvgIpc) is 2.69.